The number of nitrogens with two attached hydrogens (primary N) is 2. The van der Waals surface area contributed by atoms with Crippen LogP contribution in [0, 0.1) is 0 Å². The van der Waals surface area contributed by atoms with Crippen molar-refractivity contribution in [1.29, 1.82) is 0 Å². The van der Waals surface area contributed by atoms with E-state index in [-0.39, 0.29) is 77.0 Å². The predicted molar refractivity (Wildman–Crippen MR) is 272 cm³/mol. The quantitative estimate of drug-likeness (QED) is 0.0354. The number of aliphatic imine (C=N–C) groups is 1. The number of H-pyrrole nitrogens is 1. The van der Waals surface area contributed by atoms with E-state index in [1.807, 2.05) is 25.1 Å². The van der Waals surface area contributed by atoms with E-state index in [2.05, 4.69) is 57.5 Å². The van der Waals surface area contributed by atoms with Crippen LogP contribution in [0.3, 0.4) is 0 Å². The molecule has 2 aromatic heterocycles. The molecule has 8 amide bonds. The number of aliphatic carboxylic acids is 1. The first-order valence-corrected chi connectivity index (χ1v) is 24.7. The Morgan fingerprint density at radius 1 is 0.824 bits per heavy atom. The van der Waals surface area contributed by atoms with Gasteiger partial charge in [-0.15, -0.1) is 0 Å². The van der Waals surface area contributed by atoms with E-state index in [0.717, 1.165) is 10.9 Å². The minimum absolute atomic E-state index is 0.00569. The topological polar surface area (TPSA) is 368 Å². The van der Waals surface area contributed by atoms with Crippen molar-refractivity contribution in [2.24, 2.45) is 16.5 Å². The molecule has 0 bridgehead atoms. The Kier molecular flexibility index (Phi) is 21.9. The summed E-state index contributed by atoms with van der Waals surface area (Å²) in [5.41, 5.74) is 13.1. The number of guanidine groups is 1. The predicted octanol–water partition coefficient (Wildman–Crippen LogP) is -0.718. The van der Waals surface area contributed by atoms with Gasteiger partial charge in [0.05, 0.1) is 19.3 Å². The molecule has 7 atom stereocenters. The highest BCUT2D eigenvalue weighted by molar-refractivity contribution is 5.99. The summed E-state index contributed by atoms with van der Waals surface area (Å²) in [5.74, 6) is -7.80. The van der Waals surface area contributed by atoms with E-state index in [4.69, 9.17) is 11.5 Å². The van der Waals surface area contributed by atoms with E-state index >= 15 is 0 Å². The molecule has 2 aromatic carbocycles. The number of aromatic amines is 1. The molecule has 24 nitrogen and oxygen atoms in total. The fourth-order valence-corrected chi connectivity index (χ4v) is 8.34. The molecule has 1 fully saturated rings. The number of carbonyl (C=O) groups is 9. The third-order valence-corrected chi connectivity index (χ3v) is 12.2. The Morgan fingerprint density at radius 3 is 2.18 bits per heavy atom. The number of carboxylic acid groups (broad SMARTS) is 1. The molecule has 0 radical (unpaired) electrons. The zero-order valence-electron chi connectivity index (χ0n) is 41.6. The van der Waals surface area contributed by atoms with Gasteiger partial charge in [-0.25, -0.2) is 9.78 Å². The number of carboxylic acids is 1. The van der Waals surface area contributed by atoms with Crippen LogP contribution in [0.2, 0.25) is 0 Å². The van der Waals surface area contributed by atoms with E-state index in [1.165, 1.54) is 30.2 Å². The van der Waals surface area contributed by atoms with Gasteiger partial charge in [0, 0.05) is 62.3 Å². The fourth-order valence-electron chi connectivity index (χ4n) is 8.34. The molecular weight excluding hydrogens is 957 g/mol. The van der Waals surface area contributed by atoms with Crippen LogP contribution >= 0.6 is 0 Å². The minimum atomic E-state index is -1.59. The van der Waals surface area contributed by atoms with E-state index in [1.54, 1.807) is 42.6 Å². The van der Waals surface area contributed by atoms with Gasteiger partial charge in [0.2, 0.25) is 47.3 Å². The highest BCUT2D eigenvalue weighted by Crippen LogP contribution is 2.20. The van der Waals surface area contributed by atoms with Gasteiger partial charge in [0.25, 0.3) is 0 Å². The lowest BCUT2D eigenvalue weighted by Crippen LogP contribution is -2.61. The van der Waals surface area contributed by atoms with Gasteiger partial charge >= 0.3 is 5.97 Å². The number of carbonyl (C=O) groups excluding carboxylic acids is 8. The van der Waals surface area contributed by atoms with Gasteiger partial charge < -0.3 is 68.7 Å². The Bertz CT molecular complexity index is 2580. The summed E-state index contributed by atoms with van der Waals surface area (Å²) in [7, 11) is 0. The van der Waals surface area contributed by atoms with Crippen molar-refractivity contribution in [1.82, 2.24) is 57.1 Å². The van der Waals surface area contributed by atoms with Crippen LogP contribution in [0.25, 0.3) is 10.9 Å². The standard InChI is InChI=1S/C50H68N14O10/c1-3-4-16-35(57-30(2)65)43(67)62-40-26-42(66)54-20-11-10-18-37(49(73)74)59-46(70)39(25-32-27-56-34-17-9-8-15-33(32)34)61-44(68)36(19-12-21-55-50(51)52)58-45(69)38(24-31-13-6-5-7-14-31)60-48(72)41(63-47(40)71)28-64-23-22-53-29-64/h5-9,13-15,17,22-23,27,29,35-41,56H,3-4,10-12,16,18-21,24-26,28H2,1-2H3,(H,54,66)(H,57,65)(H,58,69)(H,59,70)(H,60,72)(H,61,68)(H,62,67)(H,63,71)(H,73,74)(H4,51,52,55)/t35-,36-,37-,38+,39-,40-,41-/m0/s1. The van der Waals surface area contributed by atoms with E-state index in [0.29, 0.717) is 24.0 Å². The van der Waals surface area contributed by atoms with Gasteiger partial charge in [-0.2, -0.15) is 0 Å². The van der Waals surface area contributed by atoms with Crippen molar-refractivity contribution in [3.05, 3.63) is 90.6 Å². The summed E-state index contributed by atoms with van der Waals surface area (Å²) < 4.78 is 1.50. The zero-order chi connectivity index (χ0) is 53.6. The Balaban J connectivity index is 1.55. The lowest BCUT2D eigenvalue weighted by atomic mass is 10.0. The summed E-state index contributed by atoms with van der Waals surface area (Å²) >= 11 is 0. The van der Waals surface area contributed by atoms with Gasteiger partial charge in [-0.1, -0.05) is 68.3 Å². The maximum Gasteiger partial charge on any atom is 0.326 e. The molecule has 4 aromatic rings. The van der Waals surface area contributed by atoms with Gasteiger partial charge in [-0.05, 0) is 55.7 Å². The maximum absolute atomic E-state index is 14.7. The van der Waals surface area contributed by atoms with E-state index < -0.39 is 102 Å². The molecule has 74 heavy (non-hydrogen) atoms. The largest absolute Gasteiger partial charge is 0.480 e. The third-order valence-electron chi connectivity index (χ3n) is 12.2. The monoisotopic (exact) mass is 1020 g/mol. The lowest BCUT2D eigenvalue weighted by molar-refractivity contribution is -0.142. The summed E-state index contributed by atoms with van der Waals surface area (Å²) in [5, 5.41) is 32.3. The number of amides is 8. The van der Waals surface area contributed by atoms with Crippen LogP contribution in [0.1, 0.15) is 82.8 Å². The van der Waals surface area contributed by atoms with Crippen molar-refractivity contribution in [3.8, 4) is 0 Å². The zero-order valence-corrected chi connectivity index (χ0v) is 41.6. The molecule has 1 aliphatic rings. The van der Waals surface area contributed by atoms with Crippen LogP contribution in [-0.2, 0) is 62.5 Å². The number of nitrogens with one attached hydrogen (secondary N) is 9. The number of para-hydroxylation sites is 1. The van der Waals surface area contributed by atoms with Crippen molar-refractivity contribution in [2.45, 2.75) is 133 Å². The van der Waals surface area contributed by atoms with Gasteiger partial charge in [-0.3, -0.25) is 43.3 Å². The fraction of sp³-hybridized carbons (Fsp3) is 0.460. The first kappa shape index (κ1) is 56.6. The van der Waals surface area contributed by atoms with Crippen molar-refractivity contribution in [2.75, 3.05) is 13.1 Å². The number of imidazole rings is 1. The molecule has 1 aliphatic heterocycles. The van der Waals surface area contributed by atoms with Crippen LogP contribution in [-0.4, -0.2) is 134 Å². The van der Waals surface area contributed by atoms with Crippen LogP contribution in [0.5, 0.6) is 0 Å². The number of nitrogens with zero attached hydrogens (tertiary/aromatic N) is 3. The second-order valence-corrected chi connectivity index (χ2v) is 18.1. The molecule has 3 heterocycles. The van der Waals surface area contributed by atoms with Gasteiger partial charge in [0.15, 0.2) is 5.96 Å². The minimum Gasteiger partial charge on any atom is -0.480 e. The summed E-state index contributed by atoms with van der Waals surface area (Å²) in [6.45, 7) is 2.96. The summed E-state index contributed by atoms with van der Waals surface area (Å²) in [4.78, 5) is 136. The maximum atomic E-state index is 14.7. The molecule has 5 rings (SSSR count). The van der Waals surface area contributed by atoms with Crippen LogP contribution in [0.4, 0.5) is 0 Å². The SMILES string of the molecule is CCCC[C@H](NC(C)=O)C(=O)N[C@H]1CC(=O)NCCCC[C@@H](C(=O)O)NC(=O)[C@H](Cc2c[nH]c3ccccc23)NC(=O)[C@H](CCCN=C(N)N)NC(=O)[C@@H](Cc2ccccc2)NC(=O)[C@H](Cn2ccnc2)NC1=O. The number of hydrogen-bond donors (Lipinski definition) is 12. The molecule has 0 spiro atoms. The third kappa shape index (κ3) is 18.1. The Hall–Kier alpha value is -8.31. The van der Waals surface area contributed by atoms with E-state index in [9.17, 15) is 48.3 Å². The number of hydrogen-bond acceptors (Lipinski definition) is 11. The number of benzene rings is 2. The molecule has 1 saturated heterocycles. The highest BCUT2D eigenvalue weighted by atomic mass is 16.4. The smallest absolute Gasteiger partial charge is 0.326 e. The normalized spacial score (nSPS) is 21.3. The lowest BCUT2D eigenvalue weighted by Gasteiger charge is -2.28. The molecular formula is C50H68N14O10. The number of aromatic nitrogens is 3. The molecule has 14 N–H and O–H groups in total. The van der Waals surface area contributed by atoms with Crippen molar-refractivity contribution < 1.29 is 48.3 Å². The van der Waals surface area contributed by atoms with Gasteiger partial charge in [0.1, 0.15) is 42.3 Å². The van der Waals surface area contributed by atoms with Crippen LogP contribution in [0.15, 0.2) is 84.5 Å². The molecule has 0 unspecified atom stereocenters. The first-order chi connectivity index (χ1) is 35.5. The van der Waals surface area contributed by atoms with Crippen LogP contribution < -0.4 is 54.0 Å². The second kappa shape index (κ2) is 28.7. The molecule has 24 heteroatoms. The Labute approximate surface area is 427 Å². The average molecular weight is 1030 g/mol. The molecule has 0 aliphatic carbocycles. The molecule has 0 saturated carbocycles. The summed E-state index contributed by atoms with van der Waals surface area (Å²) in [6, 6.07) is 6.22. The average Bonchev–Trinajstić information content (AvgIpc) is 4.04. The Morgan fingerprint density at radius 2 is 1.49 bits per heavy atom. The molecule has 398 valence electrons. The van der Waals surface area contributed by atoms with Crippen molar-refractivity contribution >= 4 is 70.1 Å². The first-order valence-electron chi connectivity index (χ1n) is 24.7. The number of fused-ring (bicyclic) bond motifs is 1. The van der Waals surface area contributed by atoms with Crippen molar-refractivity contribution in [3.63, 3.8) is 0 Å². The highest BCUT2D eigenvalue weighted by Gasteiger charge is 2.35. The summed E-state index contributed by atoms with van der Waals surface area (Å²) in [6.07, 6.45) is 7.09. The second-order valence-electron chi connectivity index (χ2n) is 18.1. The number of unbranched alkanes of at least 4 members (excludes halogenated alkanes) is 1. The number of rotatable bonds is 17.